The Bertz CT molecular complexity index is 3380. The summed E-state index contributed by atoms with van der Waals surface area (Å²) >= 11 is 0. The number of benzene rings is 1. The molecule has 0 saturated carbocycles. The number of aromatic amines is 2. The first-order valence-electron chi connectivity index (χ1n) is 36.3. The molecule has 3 heterocycles. The molecule has 106 heavy (non-hydrogen) atoms. The van der Waals surface area contributed by atoms with Gasteiger partial charge in [-0.05, 0) is 161 Å². The molecule has 3 aromatic rings. The number of phenols is 1. The van der Waals surface area contributed by atoms with Crippen LogP contribution in [0.5, 0.6) is 5.75 Å². The number of carbonyl (C=O) groups excluding carboxylic acids is 9. The number of aromatic hydroxyl groups is 1. The highest BCUT2D eigenvalue weighted by Crippen LogP contribution is 2.22. The lowest BCUT2D eigenvalue weighted by Gasteiger charge is -2.32. The molecule has 590 valence electrons. The number of nitrogens with two attached hydrogens (primary N) is 2. The fourth-order valence-electron chi connectivity index (χ4n) is 11.8. The molecule has 0 radical (unpaired) electrons. The minimum Gasteiger partial charge on any atom is -0.508 e. The number of aliphatic imine (C=N–C) groups is 1. The standard InChI is InChI=1S/C71H117N21O14/c1-14-42(6)59(66(101)86-54(34-49-36-76-39-79-49)67(102)92-30-16-18-56(92)64(99)82-43(7)60(95)84-53(33-48-35-75-38-78-48)62(97)87-55(68(103)104)31-40(2)3)89-63(98)52(32-47-19-21-50(93)22-20-47)85-65(100)58(41(4)5)88-61(96)51(17-15-26-77-69(72)73)83-57(94)37-74-27-23-46(24-28-80-70(10,11)44(8)90-105)25-29-81-71(12,13)45(9)91-106/h19-22,35-36,38-43,46,51-56,58-59,74,80-81,93,105-106H,14-18,23-34,37H2,1-13H3,(H,75,78)(H,76,79)(H,82,99)(H,83,94)(H,84,95)(H,85,100)(H,86,101)(H,87,97)(H,88,96)(H,89,98)(H,103,104)(H4,72,73,77)/b90-44-,91-45+/t42?,43-,46?,51-,52-,53-,54-,55-,56-,58?,59-/m0/s1. The van der Waals surface area contributed by atoms with Gasteiger partial charge in [-0.3, -0.25) is 48.1 Å². The molecule has 35 nitrogen and oxygen atoms in total. The van der Waals surface area contributed by atoms with Crippen molar-refractivity contribution in [1.82, 2.24) is 83.3 Å². The van der Waals surface area contributed by atoms with Gasteiger partial charge in [0, 0.05) is 56.1 Å². The molecule has 11 atom stereocenters. The minimum absolute atomic E-state index is 0.0432. The van der Waals surface area contributed by atoms with Crippen molar-refractivity contribution in [3.05, 3.63) is 66.3 Å². The van der Waals surface area contributed by atoms with E-state index in [9.17, 15) is 68.6 Å². The van der Waals surface area contributed by atoms with Crippen molar-refractivity contribution in [2.75, 3.05) is 39.3 Å². The number of aliphatic carboxylic acids is 1. The van der Waals surface area contributed by atoms with Gasteiger partial charge in [0.2, 0.25) is 53.2 Å². The molecule has 35 heteroatoms. The summed E-state index contributed by atoms with van der Waals surface area (Å²) in [5.41, 5.74) is 12.5. The van der Waals surface area contributed by atoms with Crippen LogP contribution in [0.2, 0.25) is 0 Å². The van der Waals surface area contributed by atoms with E-state index in [2.05, 4.69) is 93.7 Å². The van der Waals surface area contributed by atoms with Gasteiger partial charge in [-0.15, -0.1) is 0 Å². The smallest absolute Gasteiger partial charge is 0.326 e. The van der Waals surface area contributed by atoms with Gasteiger partial charge in [-0.25, -0.2) is 14.8 Å². The molecular weight excluding hydrogens is 1370 g/mol. The number of carboxylic acid groups (broad SMARTS) is 1. The van der Waals surface area contributed by atoms with Gasteiger partial charge in [0.05, 0.1) is 41.7 Å². The minimum atomic E-state index is -1.44. The van der Waals surface area contributed by atoms with E-state index in [4.69, 9.17) is 11.5 Å². The number of aromatic nitrogens is 4. The molecule has 4 rings (SSSR count). The number of nitrogens with zero attached hydrogens (tertiary/aromatic N) is 6. The van der Waals surface area contributed by atoms with Crippen LogP contribution < -0.4 is 70.0 Å². The lowest BCUT2D eigenvalue weighted by Crippen LogP contribution is -2.62. The fourth-order valence-corrected chi connectivity index (χ4v) is 11.8. The molecule has 1 aliphatic rings. The molecule has 0 spiro atoms. The molecule has 0 bridgehead atoms. The Kier molecular flexibility index (Phi) is 36.5. The summed E-state index contributed by atoms with van der Waals surface area (Å²) in [5.74, 6) is -9.33. The number of carbonyl (C=O) groups is 10. The molecule has 3 unspecified atom stereocenters. The highest BCUT2D eigenvalue weighted by Gasteiger charge is 2.42. The molecule has 1 aliphatic heterocycles. The zero-order chi connectivity index (χ0) is 79.0. The molecule has 1 saturated heterocycles. The van der Waals surface area contributed by atoms with Crippen LogP contribution in [0.15, 0.2) is 64.6 Å². The van der Waals surface area contributed by atoms with E-state index < -0.39 is 136 Å². The van der Waals surface area contributed by atoms with Crippen LogP contribution in [-0.4, -0.2) is 227 Å². The van der Waals surface area contributed by atoms with Crippen LogP contribution in [0.1, 0.15) is 165 Å². The monoisotopic (exact) mass is 1490 g/mol. The number of hydrogen-bond donors (Lipinski definition) is 19. The van der Waals surface area contributed by atoms with Crippen LogP contribution in [-0.2, 0) is 67.2 Å². The van der Waals surface area contributed by atoms with E-state index in [0.717, 1.165) is 12.8 Å². The number of phenolic OH excluding ortho intramolecular Hbond substituents is 1. The van der Waals surface area contributed by atoms with Crippen LogP contribution in [0.3, 0.4) is 0 Å². The third-order valence-electron chi connectivity index (χ3n) is 19.1. The Balaban J connectivity index is 1.54. The van der Waals surface area contributed by atoms with E-state index in [1.54, 1.807) is 67.5 Å². The van der Waals surface area contributed by atoms with E-state index in [1.807, 2.05) is 27.7 Å². The SMILES string of the molecule is CCC(C)[C@H](NC(=O)[C@H](Cc1ccc(O)cc1)NC(=O)C(NC(=O)[C@H](CCCN=C(N)N)NC(=O)CNCCC(CCNC(C)(C)/C(C)=N\O)CCNC(C)(C)/C(C)=N/O)C(C)C)C(=O)N[C@@H](Cc1cnc[nH]1)C(=O)N1CCC[C@H]1C(=O)N[C@@H](C)C(=O)N[C@@H](Cc1cnc[nH]1)C(=O)N[C@@H](CC(C)C)C(=O)O. The summed E-state index contributed by atoms with van der Waals surface area (Å²) in [4.78, 5) is 161. The second-order valence-electron chi connectivity index (χ2n) is 29.1. The Morgan fingerprint density at radius 3 is 1.67 bits per heavy atom. The van der Waals surface area contributed by atoms with E-state index in [0.29, 0.717) is 67.3 Å². The van der Waals surface area contributed by atoms with Crippen molar-refractivity contribution in [3.63, 3.8) is 0 Å². The van der Waals surface area contributed by atoms with Gasteiger partial charge in [0.25, 0.3) is 0 Å². The third kappa shape index (κ3) is 29.6. The van der Waals surface area contributed by atoms with Gasteiger partial charge in [-0.2, -0.15) is 0 Å². The fraction of sp³-hybridized carbons (Fsp3) is 0.648. The van der Waals surface area contributed by atoms with Crippen LogP contribution in [0.25, 0.3) is 0 Å². The topological polar surface area (TPSA) is 534 Å². The number of hydrogen-bond acceptors (Lipinski definition) is 21. The number of amides is 9. The highest BCUT2D eigenvalue weighted by atomic mass is 16.4. The molecule has 2 aromatic heterocycles. The Morgan fingerprint density at radius 1 is 0.632 bits per heavy atom. The molecule has 21 N–H and O–H groups in total. The molecule has 1 aromatic carbocycles. The van der Waals surface area contributed by atoms with Gasteiger partial charge in [0.15, 0.2) is 5.96 Å². The van der Waals surface area contributed by atoms with Gasteiger partial charge >= 0.3 is 5.97 Å². The zero-order valence-corrected chi connectivity index (χ0v) is 63.6. The van der Waals surface area contributed by atoms with Crippen molar-refractivity contribution in [2.24, 2.45) is 50.4 Å². The number of oxime groups is 2. The first-order chi connectivity index (χ1) is 50.0. The van der Waals surface area contributed by atoms with E-state index in [1.165, 1.54) is 49.0 Å². The maximum Gasteiger partial charge on any atom is 0.326 e. The molecule has 0 aliphatic carbocycles. The van der Waals surface area contributed by atoms with Crippen molar-refractivity contribution < 1.29 is 68.6 Å². The Hall–Kier alpha value is -9.77. The normalized spacial score (nSPS) is 16.4. The molecule has 1 fully saturated rings. The summed E-state index contributed by atoms with van der Waals surface area (Å²) < 4.78 is 0. The van der Waals surface area contributed by atoms with E-state index >= 15 is 0 Å². The number of likely N-dealkylation sites (tertiary alicyclic amines) is 1. The van der Waals surface area contributed by atoms with Crippen molar-refractivity contribution in [2.45, 2.75) is 233 Å². The largest absolute Gasteiger partial charge is 0.508 e. The summed E-state index contributed by atoms with van der Waals surface area (Å²) in [5, 5.41) is 77.5. The van der Waals surface area contributed by atoms with Crippen LogP contribution in [0.4, 0.5) is 0 Å². The predicted octanol–water partition coefficient (Wildman–Crippen LogP) is 0.455. The number of imidazole rings is 2. The van der Waals surface area contributed by atoms with Gasteiger partial charge < -0.3 is 105 Å². The second-order valence-corrected chi connectivity index (χ2v) is 29.1. The Labute approximate surface area is 620 Å². The molecular formula is C71H117N21O14. The van der Waals surface area contributed by atoms with Crippen molar-refractivity contribution in [3.8, 4) is 5.75 Å². The maximum absolute atomic E-state index is 14.9. The quantitative estimate of drug-likeness (QED) is 0.0120. The Morgan fingerprint density at radius 2 is 1.14 bits per heavy atom. The number of carboxylic acids is 1. The lowest BCUT2D eigenvalue weighted by atomic mass is 9.94. The first-order valence-corrected chi connectivity index (χ1v) is 36.3. The number of guanidine groups is 1. The lowest BCUT2D eigenvalue weighted by molar-refractivity contribution is -0.143. The van der Waals surface area contributed by atoms with Gasteiger partial charge in [-0.1, -0.05) is 70.4 Å². The predicted molar refractivity (Wildman–Crippen MR) is 398 cm³/mol. The zero-order valence-electron chi connectivity index (χ0n) is 63.6. The highest BCUT2D eigenvalue weighted by molar-refractivity contribution is 5.99. The summed E-state index contributed by atoms with van der Waals surface area (Å²) in [6, 6.07) is -5.77. The maximum atomic E-state index is 14.9. The number of H-pyrrole nitrogens is 2. The first kappa shape index (κ1) is 88.6. The molecule has 9 amide bonds. The van der Waals surface area contributed by atoms with Crippen molar-refractivity contribution in [1.29, 1.82) is 0 Å². The van der Waals surface area contributed by atoms with Crippen LogP contribution >= 0.6 is 0 Å². The van der Waals surface area contributed by atoms with Gasteiger partial charge in [0.1, 0.15) is 60.1 Å². The van der Waals surface area contributed by atoms with Crippen molar-refractivity contribution >= 4 is 76.5 Å². The number of nitrogens with one attached hydrogen (secondary N) is 13. The average Bonchev–Trinajstić information content (AvgIpc) is 1.60. The average molecular weight is 1490 g/mol. The summed E-state index contributed by atoms with van der Waals surface area (Å²) in [6.45, 7) is 24.5. The van der Waals surface area contributed by atoms with Crippen LogP contribution in [0, 0.1) is 23.7 Å². The second kappa shape index (κ2) is 43.6. The number of rotatable bonds is 47. The summed E-state index contributed by atoms with van der Waals surface area (Å²) in [6.07, 6.45) is 8.57. The summed E-state index contributed by atoms with van der Waals surface area (Å²) in [7, 11) is 0. The van der Waals surface area contributed by atoms with E-state index in [-0.39, 0.29) is 88.1 Å². The third-order valence-corrected chi connectivity index (χ3v) is 19.1.